The molecule has 1 saturated carbocycles. The minimum absolute atomic E-state index is 0.391. The van der Waals surface area contributed by atoms with Gasteiger partial charge in [-0.2, -0.15) is 0 Å². The summed E-state index contributed by atoms with van der Waals surface area (Å²) >= 11 is 0. The first-order chi connectivity index (χ1) is 6.27. The van der Waals surface area contributed by atoms with Gasteiger partial charge in [-0.05, 0) is 31.2 Å². The summed E-state index contributed by atoms with van der Waals surface area (Å²) in [5.74, 6) is 0.612. The van der Waals surface area contributed by atoms with Crippen molar-refractivity contribution in [2.24, 2.45) is 5.73 Å². The fourth-order valence-corrected chi connectivity index (χ4v) is 2.22. The molecule has 1 aromatic rings. The topological polar surface area (TPSA) is 26.0 Å². The first kappa shape index (κ1) is 8.76. The molecular weight excluding hydrogens is 158 g/mol. The maximum atomic E-state index is 6.05. The summed E-state index contributed by atoms with van der Waals surface area (Å²) in [5, 5.41) is 0. The lowest BCUT2D eigenvalue weighted by atomic mass is 9.94. The van der Waals surface area contributed by atoms with E-state index in [1.54, 1.807) is 0 Å². The van der Waals surface area contributed by atoms with Crippen LogP contribution in [0.2, 0.25) is 0 Å². The van der Waals surface area contributed by atoms with E-state index in [2.05, 4.69) is 31.2 Å². The molecule has 0 aromatic heterocycles. The van der Waals surface area contributed by atoms with Crippen molar-refractivity contribution in [1.82, 2.24) is 0 Å². The monoisotopic (exact) mass is 175 g/mol. The number of hydrogen-bond donors (Lipinski definition) is 1. The molecule has 2 atom stereocenters. The van der Waals surface area contributed by atoms with Crippen molar-refractivity contribution in [2.75, 3.05) is 0 Å². The van der Waals surface area contributed by atoms with Gasteiger partial charge >= 0.3 is 0 Å². The van der Waals surface area contributed by atoms with Gasteiger partial charge in [-0.25, -0.2) is 0 Å². The number of nitrogens with two attached hydrogens (primary N) is 1. The van der Waals surface area contributed by atoms with Crippen molar-refractivity contribution in [3.63, 3.8) is 0 Å². The molecule has 2 N–H and O–H groups in total. The highest BCUT2D eigenvalue weighted by Crippen LogP contribution is 2.33. The highest BCUT2D eigenvalue weighted by Gasteiger charge is 2.24. The molecule has 1 fully saturated rings. The van der Waals surface area contributed by atoms with E-state index in [9.17, 15) is 0 Å². The van der Waals surface area contributed by atoms with Crippen LogP contribution in [0.15, 0.2) is 24.3 Å². The van der Waals surface area contributed by atoms with Crippen LogP contribution in [0.5, 0.6) is 0 Å². The molecule has 13 heavy (non-hydrogen) atoms. The lowest BCUT2D eigenvalue weighted by Crippen LogP contribution is -2.22. The summed E-state index contributed by atoms with van der Waals surface area (Å²) < 4.78 is 0. The summed E-state index contributed by atoms with van der Waals surface area (Å²) in [6.45, 7) is 2.12. The number of hydrogen-bond acceptors (Lipinski definition) is 1. The fraction of sp³-hybridized carbons (Fsp3) is 0.500. The zero-order valence-corrected chi connectivity index (χ0v) is 8.16. The number of rotatable bonds is 1. The lowest BCUT2D eigenvalue weighted by molar-refractivity contribution is 0.613. The van der Waals surface area contributed by atoms with Gasteiger partial charge in [0.2, 0.25) is 0 Å². The lowest BCUT2D eigenvalue weighted by Gasteiger charge is -2.15. The van der Waals surface area contributed by atoms with E-state index in [0.29, 0.717) is 12.0 Å². The van der Waals surface area contributed by atoms with Crippen LogP contribution in [-0.2, 0) is 0 Å². The first-order valence-corrected chi connectivity index (χ1v) is 5.09. The molecule has 2 unspecified atom stereocenters. The Morgan fingerprint density at radius 3 is 2.38 bits per heavy atom. The van der Waals surface area contributed by atoms with E-state index in [1.807, 2.05) is 0 Å². The van der Waals surface area contributed by atoms with Gasteiger partial charge < -0.3 is 5.73 Å². The first-order valence-electron chi connectivity index (χ1n) is 5.09. The number of aryl methyl sites for hydroxylation is 1. The zero-order chi connectivity index (χ0) is 9.26. The molecule has 0 radical (unpaired) electrons. The molecule has 0 amide bonds. The van der Waals surface area contributed by atoms with Crippen LogP contribution >= 0.6 is 0 Å². The molecule has 0 aliphatic heterocycles. The second-order valence-corrected chi connectivity index (χ2v) is 4.11. The molecule has 1 aromatic carbocycles. The van der Waals surface area contributed by atoms with E-state index in [0.717, 1.165) is 0 Å². The van der Waals surface area contributed by atoms with E-state index in [-0.39, 0.29) is 0 Å². The highest BCUT2D eigenvalue weighted by atomic mass is 14.7. The molecular formula is C12H17N. The Hall–Kier alpha value is -0.820. The summed E-state index contributed by atoms with van der Waals surface area (Å²) in [4.78, 5) is 0. The maximum absolute atomic E-state index is 6.05. The van der Waals surface area contributed by atoms with Crippen molar-refractivity contribution in [2.45, 2.75) is 38.1 Å². The molecule has 1 aliphatic carbocycles. The molecule has 0 bridgehead atoms. The second-order valence-electron chi connectivity index (χ2n) is 4.11. The van der Waals surface area contributed by atoms with Crippen LogP contribution in [0.4, 0.5) is 0 Å². The predicted molar refractivity (Wildman–Crippen MR) is 55.7 cm³/mol. The van der Waals surface area contributed by atoms with Gasteiger partial charge in [-0.15, -0.1) is 0 Å². The van der Waals surface area contributed by atoms with Crippen LogP contribution in [0.3, 0.4) is 0 Å². The molecule has 0 saturated heterocycles. The Balaban J connectivity index is 2.20. The normalized spacial score (nSPS) is 27.8. The van der Waals surface area contributed by atoms with Gasteiger partial charge in [0.15, 0.2) is 0 Å². The predicted octanol–water partition coefficient (Wildman–Crippen LogP) is 2.59. The third-order valence-electron chi connectivity index (χ3n) is 3.07. The largest absolute Gasteiger partial charge is 0.327 e. The van der Waals surface area contributed by atoms with E-state index < -0.39 is 0 Å². The SMILES string of the molecule is Cc1ccc(C2CCCC2N)cc1. The van der Waals surface area contributed by atoms with Gasteiger partial charge in [-0.1, -0.05) is 36.2 Å². The third kappa shape index (κ3) is 1.75. The molecule has 70 valence electrons. The Labute approximate surface area is 80.0 Å². The molecule has 0 heterocycles. The van der Waals surface area contributed by atoms with Crippen molar-refractivity contribution in [1.29, 1.82) is 0 Å². The Kier molecular flexibility index (Phi) is 2.36. The van der Waals surface area contributed by atoms with Gasteiger partial charge in [-0.3, -0.25) is 0 Å². The van der Waals surface area contributed by atoms with Crippen molar-refractivity contribution < 1.29 is 0 Å². The van der Waals surface area contributed by atoms with E-state index >= 15 is 0 Å². The van der Waals surface area contributed by atoms with Gasteiger partial charge in [0.25, 0.3) is 0 Å². The van der Waals surface area contributed by atoms with E-state index in [1.165, 1.54) is 30.4 Å². The Morgan fingerprint density at radius 2 is 1.85 bits per heavy atom. The average molecular weight is 175 g/mol. The van der Waals surface area contributed by atoms with Crippen LogP contribution in [0.25, 0.3) is 0 Å². The molecule has 1 nitrogen and oxygen atoms in total. The minimum Gasteiger partial charge on any atom is -0.327 e. The Morgan fingerprint density at radius 1 is 1.15 bits per heavy atom. The van der Waals surface area contributed by atoms with Crippen LogP contribution in [-0.4, -0.2) is 6.04 Å². The quantitative estimate of drug-likeness (QED) is 0.697. The summed E-state index contributed by atoms with van der Waals surface area (Å²) in [5.41, 5.74) is 8.80. The fourth-order valence-electron chi connectivity index (χ4n) is 2.22. The van der Waals surface area contributed by atoms with Crippen LogP contribution < -0.4 is 5.73 Å². The average Bonchev–Trinajstić information content (AvgIpc) is 2.53. The zero-order valence-electron chi connectivity index (χ0n) is 8.16. The maximum Gasteiger partial charge on any atom is 0.0108 e. The van der Waals surface area contributed by atoms with Gasteiger partial charge in [0.1, 0.15) is 0 Å². The standard InChI is InChI=1S/C12H17N/c1-9-5-7-10(8-6-9)11-3-2-4-12(11)13/h5-8,11-12H,2-4,13H2,1H3. The Bertz CT molecular complexity index is 276. The number of benzene rings is 1. The van der Waals surface area contributed by atoms with Crippen molar-refractivity contribution in [3.8, 4) is 0 Å². The smallest absolute Gasteiger partial charge is 0.0108 e. The minimum atomic E-state index is 0.391. The van der Waals surface area contributed by atoms with Crippen LogP contribution in [0.1, 0.15) is 36.3 Å². The summed E-state index contributed by atoms with van der Waals surface area (Å²) in [6, 6.07) is 9.21. The van der Waals surface area contributed by atoms with Gasteiger partial charge in [0.05, 0.1) is 0 Å². The summed E-state index contributed by atoms with van der Waals surface area (Å²) in [7, 11) is 0. The van der Waals surface area contributed by atoms with Crippen molar-refractivity contribution >= 4 is 0 Å². The highest BCUT2D eigenvalue weighted by molar-refractivity contribution is 5.26. The van der Waals surface area contributed by atoms with Crippen molar-refractivity contribution in [3.05, 3.63) is 35.4 Å². The van der Waals surface area contributed by atoms with Crippen LogP contribution in [0, 0.1) is 6.92 Å². The third-order valence-corrected chi connectivity index (χ3v) is 3.07. The molecule has 0 spiro atoms. The van der Waals surface area contributed by atoms with Gasteiger partial charge in [0, 0.05) is 6.04 Å². The molecule has 1 aliphatic rings. The molecule has 2 rings (SSSR count). The molecule has 1 heteroatoms. The second kappa shape index (κ2) is 3.51. The summed E-state index contributed by atoms with van der Waals surface area (Å²) in [6.07, 6.45) is 3.75. The van der Waals surface area contributed by atoms with E-state index in [4.69, 9.17) is 5.73 Å².